The van der Waals surface area contributed by atoms with Crippen molar-refractivity contribution < 1.29 is 22.7 Å². The Labute approximate surface area is 208 Å². The Morgan fingerprint density at radius 3 is 2.40 bits per heavy atom. The summed E-state index contributed by atoms with van der Waals surface area (Å²) in [6.45, 7) is 7.63. The summed E-state index contributed by atoms with van der Waals surface area (Å²) in [6, 6.07) is 11.1. The first kappa shape index (κ1) is 25.3. The van der Waals surface area contributed by atoms with Crippen LogP contribution in [0.3, 0.4) is 0 Å². The van der Waals surface area contributed by atoms with Crippen LogP contribution in [0.2, 0.25) is 0 Å². The largest absolute Gasteiger partial charge is 0.497 e. The number of aryl methyl sites for hydroxylation is 1. The molecule has 2 aliphatic rings. The fourth-order valence-corrected chi connectivity index (χ4v) is 6.69. The van der Waals surface area contributed by atoms with Crippen LogP contribution in [0, 0.1) is 19.8 Å². The van der Waals surface area contributed by atoms with Crippen molar-refractivity contribution in [2.75, 3.05) is 58.4 Å². The number of piperazine rings is 1. The standard InChI is InChI=1S/C26H35N3O5S/c1-19-7-5-9-23(20(19)2)27-13-15-28(16-14-27)26(30)21-8-6-12-29(18-21)35(31,32)25-17-22(33-3)10-11-24(25)34-4/h5,7,9-11,17,21H,6,8,12-16,18H2,1-4H3/t21-/m0/s1. The summed E-state index contributed by atoms with van der Waals surface area (Å²) >= 11 is 0. The molecule has 0 radical (unpaired) electrons. The van der Waals surface area contributed by atoms with Crippen LogP contribution in [0.15, 0.2) is 41.3 Å². The zero-order valence-electron chi connectivity index (χ0n) is 21.0. The number of nitrogens with zero attached hydrogens (tertiary/aromatic N) is 3. The first-order valence-corrected chi connectivity index (χ1v) is 13.5. The summed E-state index contributed by atoms with van der Waals surface area (Å²) in [7, 11) is -0.899. The lowest BCUT2D eigenvalue weighted by Crippen LogP contribution is -2.53. The molecule has 4 rings (SSSR count). The lowest BCUT2D eigenvalue weighted by atomic mass is 9.97. The lowest BCUT2D eigenvalue weighted by molar-refractivity contribution is -0.137. The zero-order valence-corrected chi connectivity index (χ0v) is 21.8. The van der Waals surface area contributed by atoms with Crippen LogP contribution in [0.4, 0.5) is 5.69 Å². The van der Waals surface area contributed by atoms with Gasteiger partial charge in [0.15, 0.2) is 0 Å². The van der Waals surface area contributed by atoms with Crippen molar-refractivity contribution >= 4 is 21.6 Å². The van der Waals surface area contributed by atoms with Gasteiger partial charge >= 0.3 is 0 Å². The molecule has 1 amide bonds. The predicted octanol–water partition coefficient (Wildman–Crippen LogP) is 3.07. The molecule has 0 unspecified atom stereocenters. The molecule has 35 heavy (non-hydrogen) atoms. The molecule has 0 aliphatic carbocycles. The van der Waals surface area contributed by atoms with Crippen molar-refractivity contribution in [3.05, 3.63) is 47.5 Å². The Balaban J connectivity index is 1.44. The first-order chi connectivity index (χ1) is 16.8. The second-order valence-corrected chi connectivity index (χ2v) is 11.2. The summed E-state index contributed by atoms with van der Waals surface area (Å²) in [4.78, 5) is 17.7. The summed E-state index contributed by atoms with van der Waals surface area (Å²) in [6.07, 6.45) is 1.33. The third kappa shape index (κ3) is 5.11. The monoisotopic (exact) mass is 501 g/mol. The van der Waals surface area contributed by atoms with Crippen molar-refractivity contribution in [1.82, 2.24) is 9.21 Å². The third-order valence-electron chi connectivity index (χ3n) is 7.23. The van der Waals surface area contributed by atoms with E-state index in [-0.39, 0.29) is 29.0 Å². The lowest BCUT2D eigenvalue weighted by Gasteiger charge is -2.40. The zero-order chi connectivity index (χ0) is 25.2. The summed E-state index contributed by atoms with van der Waals surface area (Å²) in [5.41, 5.74) is 3.75. The van der Waals surface area contributed by atoms with Crippen LogP contribution in [-0.2, 0) is 14.8 Å². The molecule has 2 fully saturated rings. The fraction of sp³-hybridized carbons (Fsp3) is 0.500. The van der Waals surface area contributed by atoms with E-state index in [2.05, 4.69) is 36.9 Å². The first-order valence-electron chi connectivity index (χ1n) is 12.1. The predicted molar refractivity (Wildman–Crippen MR) is 136 cm³/mol. The molecular weight excluding hydrogens is 466 g/mol. The van der Waals surface area contributed by atoms with Gasteiger partial charge in [-0.3, -0.25) is 4.79 Å². The average molecular weight is 502 g/mol. The number of carbonyl (C=O) groups is 1. The fourth-order valence-electron chi connectivity index (χ4n) is 4.99. The summed E-state index contributed by atoms with van der Waals surface area (Å²) in [5, 5.41) is 0. The van der Waals surface area contributed by atoms with Gasteiger partial charge in [0.1, 0.15) is 16.4 Å². The van der Waals surface area contributed by atoms with Gasteiger partial charge in [-0.05, 0) is 56.0 Å². The molecule has 0 saturated carbocycles. The Hall–Kier alpha value is -2.78. The highest BCUT2D eigenvalue weighted by Crippen LogP contribution is 2.33. The highest BCUT2D eigenvalue weighted by molar-refractivity contribution is 7.89. The molecule has 2 saturated heterocycles. The van der Waals surface area contributed by atoms with E-state index in [0.717, 1.165) is 13.1 Å². The van der Waals surface area contributed by atoms with Crippen LogP contribution in [-0.4, -0.2) is 77.0 Å². The molecular formula is C26H35N3O5S. The van der Waals surface area contributed by atoms with Gasteiger partial charge in [0.25, 0.3) is 0 Å². The average Bonchev–Trinajstić information content (AvgIpc) is 2.89. The van der Waals surface area contributed by atoms with Gasteiger partial charge in [0.2, 0.25) is 15.9 Å². The number of benzene rings is 2. The number of carbonyl (C=O) groups excluding carboxylic acids is 1. The molecule has 9 heteroatoms. The number of sulfonamides is 1. The third-order valence-corrected chi connectivity index (χ3v) is 9.12. The molecule has 0 bridgehead atoms. The number of hydrogen-bond acceptors (Lipinski definition) is 6. The molecule has 0 spiro atoms. The van der Waals surface area contributed by atoms with Gasteiger partial charge in [0, 0.05) is 51.0 Å². The minimum absolute atomic E-state index is 0.0446. The Morgan fingerprint density at radius 1 is 0.971 bits per heavy atom. The Kier molecular flexibility index (Phi) is 7.56. The Morgan fingerprint density at radius 2 is 1.71 bits per heavy atom. The van der Waals surface area contributed by atoms with Crippen LogP contribution in [0.1, 0.15) is 24.0 Å². The van der Waals surface area contributed by atoms with E-state index in [1.807, 2.05) is 4.90 Å². The number of ether oxygens (including phenoxy) is 2. The van der Waals surface area contributed by atoms with E-state index in [0.29, 0.717) is 38.2 Å². The Bertz CT molecular complexity index is 1180. The number of piperidine rings is 1. The molecule has 2 heterocycles. The molecule has 0 aromatic heterocycles. The number of anilines is 1. The van der Waals surface area contributed by atoms with Crippen molar-refractivity contribution in [1.29, 1.82) is 0 Å². The van der Waals surface area contributed by atoms with Gasteiger partial charge in [-0.25, -0.2) is 8.42 Å². The van der Waals surface area contributed by atoms with Crippen molar-refractivity contribution in [3.8, 4) is 11.5 Å². The topological polar surface area (TPSA) is 79.4 Å². The molecule has 8 nitrogen and oxygen atoms in total. The van der Waals surface area contributed by atoms with Gasteiger partial charge in [-0.2, -0.15) is 4.31 Å². The van der Waals surface area contributed by atoms with Crippen LogP contribution < -0.4 is 14.4 Å². The van der Waals surface area contributed by atoms with E-state index < -0.39 is 10.0 Å². The maximum Gasteiger partial charge on any atom is 0.246 e. The number of rotatable bonds is 6. The minimum atomic E-state index is -3.84. The minimum Gasteiger partial charge on any atom is -0.497 e. The number of methoxy groups -OCH3 is 2. The molecule has 0 N–H and O–H groups in total. The second-order valence-electron chi connectivity index (χ2n) is 9.25. The van der Waals surface area contributed by atoms with E-state index in [4.69, 9.17) is 9.47 Å². The van der Waals surface area contributed by atoms with Gasteiger partial charge in [-0.15, -0.1) is 0 Å². The van der Waals surface area contributed by atoms with E-state index in [1.165, 1.54) is 41.4 Å². The van der Waals surface area contributed by atoms with Crippen molar-refractivity contribution in [2.24, 2.45) is 5.92 Å². The maximum atomic E-state index is 13.5. The van der Waals surface area contributed by atoms with Crippen LogP contribution in [0.5, 0.6) is 11.5 Å². The summed E-state index contributed by atoms with van der Waals surface area (Å²) in [5.74, 6) is 0.406. The van der Waals surface area contributed by atoms with E-state index in [9.17, 15) is 13.2 Å². The van der Waals surface area contributed by atoms with Crippen molar-refractivity contribution in [2.45, 2.75) is 31.6 Å². The van der Waals surface area contributed by atoms with E-state index in [1.54, 1.807) is 12.1 Å². The van der Waals surface area contributed by atoms with Gasteiger partial charge in [-0.1, -0.05) is 12.1 Å². The van der Waals surface area contributed by atoms with E-state index >= 15 is 0 Å². The van der Waals surface area contributed by atoms with Crippen molar-refractivity contribution in [3.63, 3.8) is 0 Å². The molecule has 190 valence electrons. The number of hydrogen-bond donors (Lipinski definition) is 0. The summed E-state index contributed by atoms with van der Waals surface area (Å²) < 4.78 is 39.0. The molecule has 2 aromatic carbocycles. The van der Waals surface area contributed by atoms with Gasteiger partial charge in [0.05, 0.1) is 20.1 Å². The normalized spacial score (nSPS) is 19.5. The highest BCUT2D eigenvalue weighted by Gasteiger charge is 2.37. The second kappa shape index (κ2) is 10.5. The number of amides is 1. The maximum absolute atomic E-state index is 13.5. The molecule has 1 atom stereocenters. The van der Waals surface area contributed by atoms with Crippen LogP contribution in [0.25, 0.3) is 0 Å². The highest BCUT2D eigenvalue weighted by atomic mass is 32.2. The molecule has 2 aliphatic heterocycles. The van der Waals surface area contributed by atoms with Gasteiger partial charge < -0.3 is 19.3 Å². The van der Waals surface area contributed by atoms with Crippen LogP contribution >= 0.6 is 0 Å². The SMILES string of the molecule is COc1ccc(OC)c(S(=O)(=O)N2CCC[C@H](C(=O)N3CCN(c4cccc(C)c4C)CC3)C2)c1. The molecule has 2 aromatic rings. The quantitative estimate of drug-likeness (QED) is 0.605. The smallest absolute Gasteiger partial charge is 0.246 e.